The molecular formula is C14H12ClF3N4O2. The number of hydrogen-bond acceptors (Lipinski definition) is 3. The van der Waals surface area contributed by atoms with Crippen LogP contribution in [0.15, 0.2) is 36.5 Å². The highest BCUT2D eigenvalue weighted by Crippen LogP contribution is 2.20. The van der Waals surface area contributed by atoms with Crippen LogP contribution in [0, 0.1) is 0 Å². The Hall–Kier alpha value is -2.68. The van der Waals surface area contributed by atoms with Gasteiger partial charge in [0.2, 0.25) is 0 Å². The first-order chi connectivity index (χ1) is 11.2. The maximum Gasteiger partial charge on any atom is 0.471 e. The number of benzene rings is 1. The van der Waals surface area contributed by atoms with Crippen LogP contribution in [0.2, 0.25) is 0 Å². The number of hydrogen-bond donors (Lipinski definition) is 3. The average molecular weight is 361 g/mol. The molecule has 24 heavy (non-hydrogen) atoms. The van der Waals surface area contributed by atoms with Crippen LogP contribution in [-0.2, 0) is 11.8 Å². The fourth-order valence-electron chi connectivity index (χ4n) is 1.88. The Kier molecular flexibility index (Phi) is 5.03. The first-order valence-corrected chi connectivity index (χ1v) is 6.91. The summed E-state index contributed by atoms with van der Waals surface area (Å²) in [5.74, 6) is -2.49. The Morgan fingerprint density at radius 3 is 2.04 bits per heavy atom. The van der Waals surface area contributed by atoms with Gasteiger partial charge in [-0.25, -0.2) is 0 Å². The van der Waals surface area contributed by atoms with E-state index in [1.54, 1.807) is 23.1 Å². The first kappa shape index (κ1) is 17.7. The number of nitrogens with one attached hydrogen (secondary N) is 3. The van der Waals surface area contributed by atoms with Gasteiger partial charge in [0.25, 0.3) is 5.91 Å². The molecule has 0 saturated carbocycles. The largest absolute Gasteiger partial charge is 0.471 e. The zero-order valence-electron chi connectivity index (χ0n) is 12.2. The molecule has 128 valence electrons. The van der Waals surface area contributed by atoms with Crippen molar-refractivity contribution in [2.75, 3.05) is 15.5 Å². The molecule has 0 aliphatic rings. The topological polar surface area (TPSA) is 75.2 Å². The van der Waals surface area contributed by atoms with Crippen LogP contribution in [0.3, 0.4) is 0 Å². The molecule has 2 aromatic rings. The van der Waals surface area contributed by atoms with E-state index in [4.69, 9.17) is 11.8 Å². The lowest BCUT2D eigenvalue weighted by Crippen LogP contribution is -2.29. The van der Waals surface area contributed by atoms with Gasteiger partial charge in [-0.2, -0.15) is 13.2 Å². The average Bonchev–Trinajstić information content (AvgIpc) is 2.89. The fraction of sp³-hybridized carbons (Fsp3) is 0.143. The highest BCUT2D eigenvalue weighted by Gasteiger charge is 2.38. The molecule has 10 heteroatoms. The van der Waals surface area contributed by atoms with E-state index in [-0.39, 0.29) is 5.69 Å². The van der Waals surface area contributed by atoms with Crippen molar-refractivity contribution < 1.29 is 22.8 Å². The highest BCUT2D eigenvalue weighted by atomic mass is 35.5. The van der Waals surface area contributed by atoms with Gasteiger partial charge in [0.1, 0.15) is 5.69 Å². The molecule has 0 fully saturated rings. The lowest BCUT2D eigenvalue weighted by molar-refractivity contribution is -0.167. The molecule has 0 radical (unpaired) electrons. The molecule has 6 nitrogen and oxygen atoms in total. The maximum absolute atomic E-state index is 12.2. The van der Waals surface area contributed by atoms with Gasteiger partial charge in [0, 0.05) is 36.4 Å². The fourth-order valence-corrected chi connectivity index (χ4v) is 1.98. The van der Waals surface area contributed by atoms with Gasteiger partial charge in [-0.3, -0.25) is 14.4 Å². The second-order valence-electron chi connectivity index (χ2n) is 4.80. The van der Waals surface area contributed by atoms with Gasteiger partial charge in [0.05, 0.1) is 5.69 Å². The van der Waals surface area contributed by atoms with Crippen LogP contribution in [0.25, 0.3) is 0 Å². The van der Waals surface area contributed by atoms with Crippen LogP contribution < -0.4 is 15.5 Å². The van der Waals surface area contributed by atoms with Crippen molar-refractivity contribution in [1.82, 2.24) is 4.57 Å². The molecule has 0 spiro atoms. The minimum atomic E-state index is -4.96. The summed E-state index contributed by atoms with van der Waals surface area (Å²) in [6, 6.07) is 6.76. The number of anilines is 3. The van der Waals surface area contributed by atoms with Crippen molar-refractivity contribution in [3.05, 3.63) is 42.2 Å². The molecule has 0 unspecified atom stereocenters. The molecule has 1 aromatic carbocycles. The van der Waals surface area contributed by atoms with Crippen molar-refractivity contribution in [2.24, 2.45) is 7.05 Å². The zero-order valence-corrected chi connectivity index (χ0v) is 13.0. The summed E-state index contributed by atoms with van der Waals surface area (Å²) in [4.78, 5) is 25.3. The number of aromatic nitrogens is 1. The van der Waals surface area contributed by atoms with E-state index in [2.05, 4.69) is 10.2 Å². The molecule has 0 bridgehead atoms. The Balaban J connectivity index is 2.04. The van der Waals surface area contributed by atoms with Crippen molar-refractivity contribution in [3.8, 4) is 0 Å². The second kappa shape index (κ2) is 6.83. The van der Waals surface area contributed by atoms with Gasteiger partial charge in [-0.1, -0.05) is 0 Å². The minimum absolute atomic E-state index is 0.0391. The Labute approximate surface area is 139 Å². The van der Waals surface area contributed by atoms with Gasteiger partial charge >= 0.3 is 12.1 Å². The summed E-state index contributed by atoms with van der Waals surface area (Å²) in [6.07, 6.45) is -3.36. The van der Waals surface area contributed by atoms with Crippen LogP contribution in [-0.4, -0.2) is 22.6 Å². The van der Waals surface area contributed by atoms with E-state index < -0.39 is 18.0 Å². The molecule has 0 saturated heterocycles. The molecule has 0 aliphatic heterocycles. The second-order valence-corrected chi connectivity index (χ2v) is 4.99. The van der Waals surface area contributed by atoms with Crippen molar-refractivity contribution >= 4 is 40.7 Å². The van der Waals surface area contributed by atoms with Crippen LogP contribution in [0.1, 0.15) is 10.5 Å². The quantitative estimate of drug-likeness (QED) is 0.732. The Morgan fingerprint density at radius 2 is 1.58 bits per heavy atom. The van der Waals surface area contributed by atoms with E-state index in [0.29, 0.717) is 17.1 Å². The highest BCUT2D eigenvalue weighted by molar-refractivity contribution is 6.24. The summed E-state index contributed by atoms with van der Waals surface area (Å²) < 4.78 is 38.0. The molecule has 2 amide bonds. The molecule has 0 atom stereocenters. The van der Waals surface area contributed by atoms with E-state index in [1.807, 2.05) is 0 Å². The van der Waals surface area contributed by atoms with Crippen LogP contribution in [0.4, 0.5) is 30.2 Å². The molecular weight excluding hydrogens is 349 g/mol. The zero-order chi connectivity index (χ0) is 17.9. The summed E-state index contributed by atoms with van der Waals surface area (Å²) in [5.41, 5.74) is 1.18. The number of nitrogens with zero attached hydrogens (tertiary/aromatic N) is 1. The number of carbonyl (C=O) groups is 2. The van der Waals surface area contributed by atoms with E-state index in [0.717, 1.165) is 0 Å². The summed E-state index contributed by atoms with van der Waals surface area (Å²) in [7, 11) is 1.66. The number of alkyl halides is 3. The number of carbonyl (C=O) groups excluding carboxylic acids is 2. The number of aryl methyl sites for hydroxylation is 1. The Morgan fingerprint density at radius 1 is 1.04 bits per heavy atom. The summed E-state index contributed by atoms with van der Waals surface area (Å²) in [6.45, 7) is 0. The maximum atomic E-state index is 12.2. The Bertz CT molecular complexity index is 756. The molecule has 1 aromatic heterocycles. The van der Waals surface area contributed by atoms with Gasteiger partial charge in [-0.05, 0) is 30.3 Å². The SMILES string of the molecule is Cn1cc(NCl)cc1C(=O)Nc1ccc(NC(=O)C(F)(F)F)cc1. The molecule has 3 N–H and O–H groups in total. The molecule has 0 aliphatic carbocycles. The standard InChI is InChI=1S/C14H12ClF3N4O2/c1-22-7-10(21-15)6-11(22)12(23)19-8-2-4-9(5-3-8)20-13(24)14(16,17)18/h2-7,21H,1H3,(H,19,23)(H,20,24). The predicted octanol–water partition coefficient (Wildman–Crippen LogP) is 3.34. The van der Waals surface area contributed by atoms with Crippen molar-refractivity contribution in [2.45, 2.75) is 6.18 Å². The first-order valence-electron chi connectivity index (χ1n) is 6.53. The van der Waals surface area contributed by atoms with Gasteiger partial charge in [0.15, 0.2) is 0 Å². The third kappa shape index (κ3) is 4.19. The summed E-state index contributed by atoms with van der Waals surface area (Å²) in [5, 5.41) is 4.29. The number of rotatable bonds is 4. The number of halogens is 4. The lowest BCUT2D eigenvalue weighted by atomic mass is 10.2. The van der Waals surface area contributed by atoms with Crippen LogP contribution in [0.5, 0.6) is 0 Å². The van der Waals surface area contributed by atoms with Crippen LogP contribution >= 0.6 is 11.8 Å². The van der Waals surface area contributed by atoms with Gasteiger partial charge < -0.3 is 15.2 Å². The summed E-state index contributed by atoms with van der Waals surface area (Å²) >= 11 is 5.46. The lowest BCUT2D eigenvalue weighted by Gasteiger charge is -2.09. The van der Waals surface area contributed by atoms with Crippen molar-refractivity contribution in [3.63, 3.8) is 0 Å². The minimum Gasteiger partial charge on any atom is -0.344 e. The monoisotopic (exact) mass is 360 g/mol. The normalized spacial score (nSPS) is 11.0. The number of amides is 2. The smallest absolute Gasteiger partial charge is 0.344 e. The van der Waals surface area contributed by atoms with E-state index in [9.17, 15) is 22.8 Å². The third-order valence-corrected chi connectivity index (χ3v) is 3.22. The van der Waals surface area contributed by atoms with Crippen molar-refractivity contribution in [1.29, 1.82) is 0 Å². The third-order valence-electron chi connectivity index (χ3n) is 3.00. The van der Waals surface area contributed by atoms with E-state index >= 15 is 0 Å². The molecule has 1 heterocycles. The van der Waals surface area contributed by atoms with Gasteiger partial charge in [-0.15, -0.1) is 0 Å². The molecule has 2 rings (SSSR count). The van der Waals surface area contributed by atoms with E-state index in [1.165, 1.54) is 30.3 Å². The predicted molar refractivity (Wildman–Crippen MR) is 84.0 cm³/mol.